The van der Waals surface area contributed by atoms with E-state index in [2.05, 4.69) is 10.3 Å². The molecule has 128 valence electrons. The van der Waals surface area contributed by atoms with Crippen LogP contribution < -0.4 is 5.32 Å². The van der Waals surface area contributed by atoms with Gasteiger partial charge in [-0.3, -0.25) is 9.20 Å². The van der Waals surface area contributed by atoms with Crippen molar-refractivity contribution >= 4 is 17.5 Å². The van der Waals surface area contributed by atoms with Gasteiger partial charge in [0.15, 0.2) is 5.88 Å². The molecule has 0 fully saturated rings. The molecule has 8 heteroatoms. The van der Waals surface area contributed by atoms with Gasteiger partial charge in [0.2, 0.25) is 0 Å². The molecule has 0 unspecified atom stereocenters. The summed E-state index contributed by atoms with van der Waals surface area (Å²) in [6.07, 6.45) is 0. The second-order valence-corrected chi connectivity index (χ2v) is 5.48. The minimum atomic E-state index is -1.30. The molecule has 3 rings (SSSR count). The summed E-state index contributed by atoms with van der Waals surface area (Å²) in [5.41, 5.74) is 0.924. The molecule has 0 aliphatic heterocycles. The summed E-state index contributed by atoms with van der Waals surface area (Å²) >= 11 is 0. The largest absolute Gasteiger partial charge is 0.494 e. The van der Waals surface area contributed by atoms with Crippen molar-refractivity contribution in [3.05, 3.63) is 64.7 Å². The maximum absolute atomic E-state index is 13.3. The van der Waals surface area contributed by atoms with Crippen LogP contribution in [0, 0.1) is 12.7 Å². The van der Waals surface area contributed by atoms with Gasteiger partial charge in [-0.1, -0.05) is 12.1 Å². The Balaban J connectivity index is 1.86. The second kappa shape index (κ2) is 6.23. The van der Waals surface area contributed by atoms with Gasteiger partial charge >= 0.3 is 5.97 Å². The molecule has 1 aromatic carbocycles. The summed E-state index contributed by atoms with van der Waals surface area (Å²) in [7, 11) is 0. The molecule has 2 aromatic heterocycles. The molecule has 0 saturated carbocycles. The number of aromatic nitrogens is 2. The molecule has 7 nitrogen and oxygen atoms in total. The molecular formula is C17H14FN3O4. The van der Waals surface area contributed by atoms with Gasteiger partial charge in [-0.25, -0.2) is 14.2 Å². The van der Waals surface area contributed by atoms with Gasteiger partial charge in [0.25, 0.3) is 5.91 Å². The molecule has 25 heavy (non-hydrogen) atoms. The van der Waals surface area contributed by atoms with Crippen LogP contribution in [0.1, 0.15) is 32.1 Å². The molecule has 0 saturated heterocycles. The van der Waals surface area contributed by atoms with Gasteiger partial charge in [-0.05, 0) is 30.2 Å². The monoisotopic (exact) mass is 343 g/mol. The minimum Gasteiger partial charge on any atom is -0.494 e. The number of rotatable bonds is 4. The smallest absolute Gasteiger partial charge is 0.353 e. The number of nitrogens with zero attached hydrogens (tertiary/aromatic N) is 2. The van der Waals surface area contributed by atoms with Crippen molar-refractivity contribution in [1.82, 2.24) is 14.7 Å². The molecule has 0 spiro atoms. The SMILES string of the molecule is Cc1cc(CNC(=O)c2cc(C(=O)O)n3c(O)ccc3n2)ccc1F. The molecular weight excluding hydrogens is 329 g/mol. The number of benzene rings is 1. The Labute approximate surface area is 141 Å². The van der Waals surface area contributed by atoms with E-state index in [-0.39, 0.29) is 35.3 Å². The Morgan fingerprint density at radius 2 is 2.00 bits per heavy atom. The van der Waals surface area contributed by atoms with Crippen molar-refractivity contribution in [3.8, 4) is 5.88 Å². The van der Waals surface area contributed by atoms with Crippen LogP contribution in [0.3, 0.4) is 0 Å². The first-order valence-electron chi connectivity index (χ1n) is 7.35. The Morgan fingerprint density at radius 1 is 1.24 bits per heavy atom. The van der Waals surface area contributed by atoms with Crippen molar-refractivity contribution in [3.63, 3.8) is 0 Å². The lowest BCUT2D eigenvalue weighted by atomic mass is 10.1. The van der Waals surface area contributed by atoms with E-state index in [1.807, 2.05) is 0 Å². The van der Waals surface area contributed by atoms with E-state index in [0.29, 0.717) is 11.1 Å². The Morgan fingerprint density at radius 3 is 2.68 bits per heavy atom. The molecule has 3 aromatic rings. The van der Waals surface area contributed by atoms with Crippen molar-refractivity contribution < 1.29 is 24.2 Å². The van der Waals surface area contributed by atoms with Crippen molar-refractivity contribution in [2.45, 2.75) is 13.5 Å². The first kappa shape index (κ1) is 16.4. The van der Waals surface area contributed by atoms with Gasteiger partial charge in [-0.15, -0.1) is 0 Å². The van der Waals surface area contributed by atoms with Crippen LogP contribution in [0.4, 0.5) is 4.39 Å². The predicted molar refractivity (Wildman–Crippen MR) is 86.1 cm³/mol. The zero-order valence-electron chi connectivity index (χ0n) is 13.2. The number of carbonyl (C=O) groups excluding carboxylic acids is 1. The van der Waals surface area contributed by atoms with Crippen molar-refractivity contribution in [2.24, 2.45) is 0 Å². The number of hydrogen-bond acceptors (Lipinski definition) is 4. The molecule has 3 N–H and O–H groups in total. The number of carbonyl (C=O) groups is 2. The Bertz CT molecular complexity index is 997. The van der Waals surface area contributed by atoms with Crippen molar-refractivity contribution in [2.75, 3.05) is 0 Å². The second-order valence-electron chi connectivity index (χ2n) is 5.48. The number of fused-ring (bicyclic) bond motifs is 1. The third-order valence-corrected chi connectivity index (χ3v) is 3.72. The van der Waals surface area contributed by atoms with Crippen LogP contribution in [-0.2, 0) is 6.54 Å². The zero-order chi connectivity index (χ0) is 18.1. The summed E-state index contributed by atoms with van der Waals surface area (Å²) in [6.45, 7) is 1.76. The first-order valence-corrected chi connectivity index (χ1v) is 7.35. The number of hydrogen-bond donors (Lipinski definition) is 3. The highest BCUT2D eigenvalue weighted by molar-refractivity contribution is 5.96. The summed E-state index contributed by atoms with van der Waals surface area (Å²) in [5.74, 6) is -2.50. The topological polar surface area (TPSA) is 104 Å². The van der Waals surface area contributed by atoms with Gasteiger partial charge < -0.3 is 15.5 Å². The number of aryl methyl sites for hydroxylation is 1. The van der Waals surface area contributed by atoms with Crippen LogP contribution in [0.2, 0.25) is 0 Å². The van der Waals surface area contributed by atoms with Gasteiger partial charge in [0.1, 0.15) is 22.9 Å². The van der Waals surface area contributed by atoms with E-state index in [4.69, 9.17) is 0 Å². The normalized spacial score (nSPS) is 10.8. The van der Waals surface area contributed by atoms with Crippen LogP contribution in [0.25, 0.3) is 5.65 Å². The van der Waals surface area contributed by atoms with E-state index >= 15 is 0 Å². The van der Waals surface area contributed by atoms with Crippen LogP contribution in [0.5, 0.6) is 5.88 Å². The summed E-state index contributed by atoms with van der Waals surface area (Å²) in [5, 5.41) is 21.6. The van der Waals surface area contributed by atoms with Crippen LogP contribution >= 0.6 is 0 Å². The fraction of sp³-hybridized carbons (Fsp3) is 0.118. The maximum Gasteiger partial charge on any atom is 0.353 e. The standard InChI is InChI=1S/C17H14FN3O4/c1-9-6-10(2-3-11(9)18)8-19-16(23)12-7-13(17(24)25)21-14(20-12)4-5-15(21)22/h2-7,22H,8H2,1H3,(H,19,23)(H,24,25). The molecule has 0 aliphatic rings. The predicted octanol–water partition coefficient (Wildman–Crippen LogP) is 2.12. The number of amides is 1. The molecule has 0 atom stereocenters. The quantitative estimate of drug-likeness (QED) is 0.673. The van der Waals surface area contributed by atoms with Crippen LogP contribution in [-0.4, -0.2) is 31.5 Å². The Hall–Kier alpha value is -3.42. The highest BCUT2D eigenvalue weighted by atomic mass is 19.1. The number of carboxylic acid groups (broad SMARTS) is 1. The molecule has 1 amide bonds. The first-order chi connectivity index (χ1) is 11.9. The summed E-state index contributed by atoms with van der Waals surface area (Å²) in [4.78, 5) is 27.7. The molecule has 0 radical (unpaired) electrons. The number of aromatic carboxylic acids is 1. The third-order valence-electron chi connectivity index (χ3n) is 3.72. The van der Waals surface area contributed by atoms with Gasteiger partial charge in [-0.2, -0.15) is 0 Å². The van der Waals surface area contributed by atoms with E-state index in [0.717, 1.165) is 10.5 Å². The van der Waals surface area contributed by atoms with Gasteiger partial charge in [0.05, 0.1) is 0 Å². The summed E-state index contributed by atoms with van der Waals surface area (Å²) in [6, 6.07) is 8.25. The average molecular weight is 343 g/mol. The molecule has 0 bridgehead atoms. The van der Waals surface area contributed by atoms with Crippen LogP contribution in [0.15, 0.2) is 36.4 Å². The fourth-order valence-corrected chi connectivity index (χ4v) is 2.46. The number of aromatic hydroxyl groups is 1. The highest BCUT2D eigenvalue weighted by Gasteiger charge is 2.18. The molecule has 0 aliphatic carbocycles. The molecule has 2 heterocycles. The Kier molecular flexibility index (Phi) is 4.10. The van der Waals surface area contributed by atoms with E-state index in [1.165, 1.54) is 18.2 Å². The average Bonchev–Trinajstić information content (AvgIpc) is 2.96. The lowest BCUT2D eigenvalue weighted by Crippen LogP contribution is -2.25. The highest BCUT2D eigenvalue weighted by Crippen LogP contribution is 2.18. The maximum atomic E-state index is 13.3. The van der Waals surface area contributed by atoms with E-state index < -0.39 is 11.9 Å². The lowest BCUT2D eigenvalue weighted by molar-refractivity contribution is 0.0687. The van der Waals surface area contributed by atoms with E-state index in [9.17, 15) is 24.2 Å². The minimum absolute atomic E-state index is 0.0955. The number of carboxylic acids is 1. The fourth-order valence-electron chi connectivity index (χ4n) is 2.46. The summed E-state index contributed by atoms with van der Waals surface area (Å²) < 4.78 is 14.3. The zero-order valence-corrected chi connectivity index (χ0v) is 13.2. The number of nitrogens with one attached hydrogen (secondary N) is 1. The number of halogens is 1. The van der Waals surface area contributed by atoms with Gasteiger partial charge in [0, 0.05) is 18.7 Å². The van der Waals surface area contributed by atoms with E-state index in [1.54, 1.807) is 19.1 Å². The lowest BCUT2D eigenvalue weighted by Gasteiger charge is -2.08. The third kappa shape index (κ3) is 3.14. The van der Waals surface area contributed by atoms with Crippen molar-refractivity contribution in [1.29, 1.82) is 0 Å².